The number of ether oxygens (including phenoxy) is 3. The molecule has 20 heavy (non-hydrogen) atoms. The molecule has 3 unspecified atom stereocenters. The average molecular weight is 286 g/mol. The second-order valence-electron chi connectivity index (χ2n) is 6.71. The summed E-state index contributed by atoms with van der Waals surface area (Å²) in [5, 5.41) is 0. The van der Waals surface area contributed by atoms with Gasteiger partial charge in [-0.2, -0.15) is 0 Å². The Hall–Kier alpha value is -0.200. The summed E-state index contributed by atoms with van der Waals surface area (Å²) in [6, 6.07) is 0. The first-order valence-corrected chi connectivity index (χ1v) is 7.58. The Morgan fingerprint density at radius 3 is 2.35 bits per heavy atom. The first-order valence-electron chi connectivity index (χ1n) is 7.58. The zero-order chi connectivity index (χ0) is 14.8. The number of nitrogens with zero attached hydrogens (tertiary/aromatic N) is 1. The number of methoxy groups -OCH3 is 2. The average Bonchev–Trinajstić information content (AvgIpc) is 2.90. The molecule has 2 rings (SSSR count). The smallest absolute Gasteiger partial charge is 0.0691 e. The van der Waals surface area contributed by atoms with E-state index in [2.05, 4.69) is 18.7 Å². The quantitative estimate of drug-likeness (QED) is 0.713. The van der Waals surface area contributed by atoms with Crippen molar-refractivity contribution in [2.24, 2.45) is 17.1 Å². The Labute approximate surface area is 122 Å². The van der Waals surface area contributed by atoms with E-state index in [0.717, 1.165) is 45.9 Å². The molecular weight excluding hydrogens is 256 g/mol. The maximum atomic E-state index is 6.81. The molecule has 2 aliphatic rings. The number of hydrogen-bond acceptors (Lipinski definition) is 5. The van der Waals surface area contributed by atoms with Gasteiger partial charge in [-0.1, -0.05) is 13.8 Å². The second-order valence-corrected chi connectivity index (χ2v) is 6.71. The molecule has 5 nitrogen and oxygen atoms in total. The van der Waals surface area contributed by atoms with Gasteiger partial charge in [0.25, 0.3) is 0 Å². The third-order valence-corrected chi connectivity index (χ3v) is 5.37. The molecule has 1 saturated heterocycles. The van der Waals surface area contributed by atoms with Crippen molar-refractivity contribution in [1.82, 2.24) is 4.90 Å². The van der Waals surface area contributed by atoms with Crippen LogP contribution in [0.15, 0.2) is 0 Å². The summed E-state index contributed by atoms with van der Waals surface area (Å²) in [4.78, 5) is 2.36. The largest absolute Gasteiger partial charge is 0.383 e. The van der Waals surface area contributed by atoms with E-state index in [-0.39, 0.29) is 11.0 Å². The number of rotatable bonds is 8. The predicted molar refractivity (Wildman–Crippen MR) is 78.7 cm³/mol. The molecule has 1 heterocycles. The van der Waals surface area contributed by atoms with Crippen molar-refractivity contribution in [3.05, 3.63) is 0 Å². The van der Waals surface area contributed by atoms with Crippen molar-refractivity contribution >= 4 is 0 Å². The second kappa shape index (κ2) is 6.28. The topological polar surface area (TPSA) is 57.0 Å². The van der Waals surface area contributed by atoms with E-state index >= 15 is 0 Å². The summed E-state index contributed by atoms with van der Waals surface area (Å²) in [5.41, 5.74) is 6.67. The highest BCUT2D eigenvalue weighted by Gasteiger charge is 2.67. The van der Waals surface area contributed by atoms with Gasteiger partial charge in [0.1, 0.15) is 0 Å². The summed E-state index contributed by atoms with van der Waals surface area (Å²) in [6.07, 6.45) is 1.42. The lowest BCUT2D eigenvalue weighted by atomic mass is 9.48. The summed E-state index contributed by atoms with van der Waals surface area (Å²) >= 11 is 0. The van der Waals surface area contributed by atoms with E-state index < -0.39 is 0 Å². The molecule has 2 fully saturated rings. The zero-order valence-corrected chi connectivity index (χ0v) is 13.4. The summed E-state index contributed by atoms with van der Waals surface area (Å²) in [5.74, 6) is 0.491. The Morgan fingerprint density at radius 2 is 1.80 bits per heavy atom. The molecule has 1 aliphatic heterocycles. The van der Waals surface area contributed by atoms with E-state index in [0.29, 0.717) is 12.0 Å². The van der Waals surface area contributed by atoms with E-state index in [1.807, 2.05) is 0 Å². The molecule has 1 aliphatic carbocycles. The fourth-order valence-electron chi connectivity index (χ4n) is 3.88. The summed E-state index contributed by atoms with van der Waals surface area (Å²) in [6.45, 7) is 9.47. The molecular formula is C15H30N2O3. The van der Waals surface area contributed by atoms with Crippen LogP contribution in [0.2, 0.25) is 0 Å². The summed E-state index contributed by atoms with van der Waals surface area (Å²) in [7, 11) is 3.47. The standard InChI is InChI=1S/C15H30N2O3/c1-14(2)13-12(5-8-20-13)15(14,16)11-17(6-9-18-3)7-10-19-4/h12-13H,5-11,16H2,1-4H3. The van der Waals surface area contributed by atoms with Gasteiger partial charge in [-0.25, -0.2) is 0 Å². The van der Waals surface area contributed by atoms with Crippen LogP contribution >= 0.6 is 0 Å². The van der Waals surface area contributed by atoms with Crippen LogP contribution in [0.25, 0.3) is 0 Å². The number of hydrogen-bond donors (Lipinski definition) is 1. The molecule has 0 radical (unpaired) electrons. The van der Waals surface area contributed by atoms with Crippen LogP contribution in [0.4, 0.5) is 0 Å². The van der Waals surface area contributed by atoms with Crippen LogP contribution in [0.5, 0.6) is 0 Å². The van der Waals surface area contributed by atoms with Gasteiger partial charge in [0.05, 0.1) is 19.3 Å². The SMILES string of the molecule is COCCN(CCOC)CC1(N)C2CCOC2C1(C)C. The minimum atomic E-state index is -0.171. The lowest BCUT2D eigenvalue weighted by Gasteiger charge is -2.63. The Kier molecular flexibility index (Phi) is 5.08. The molecule has 5 heteroatoms. The van der Waals surface area contributed by atoms with Crippen molar-refractivity contribution in [2.45, 2.75) is 31.9 Å². The van der Waals surface area contributed by atoms with Gasteiger partial charge in [-0.15, -0.1) is 0 Å². The van der Waals surface area contributed by atoms with Crippen LogP contribution in [0.1, 0.15) is 20.3 Å². The van der Waals surface area contributed by atoms with Gasteiger partial charge in [-0.3, -0.25) is 4.90 Å². The normalized spacial score (nSPS) is 35.1. The maximum Gasteiger partial charge on any atom is 0.0691 e. The minimum absolute atomic E-state index is 0.0343. The van der Waals surface area contributed by atoms with Gasteiger partial charge in [0, 0.05) is 57.3 Å². The molecule has 0 aromatic carbocycles. The zero-order valence-electron chi connectivity index (χ0n) is 13.4. The lowest BCUT2D eigenvalue weighted by molar-refractivity contribution is -0.164. The van der Waals surface area contributed by atoms with E-state index in [9.17, 15) is 0 Å². The highest BCUT2D eigenvalue weighted by Crippen LogP contribution is 2.58. The lowest BCUT2D eigenvalue weighted by Crippen LogP contribution is -2.78. The third kappa shape index (κ3) is 2.62. The molecule has 2 N–H and O–H groups in total. The van der Waals surface area contributed by atoms with E-state index in [1.54, 1.807) is 14.2 Å². The molecule has 0 bridgehead atoms. The molecule has 118 valence electrons. The van der Waals surface area contributed by atoms with Crippen LogP contribution in [0.3, 0.4) is 0 Å². The molecule has 0 aromatic heterocycles. The van der Waals surface area contributed by atoms with Crippen molar-refractivity contribution in [1.29, 1.82) is 0 Å². The molecule has 0 amide bonds. The van der Waals surface area contributed by atoms with E-state index in [1.165, 1.54) is 0 Å². The van der Waals surface area contributed by atoms with Gasteiger partial charge in [-0.05, 0) is 6.42 Å². The third-order valence-electron chi connectivity index (χ3n) is 5.37. The number of fused-ring (bicyclic) bond motifs is 1. The number of nitrogens with two attached hydrogens (primary N) is 1. The minimum Gasteiger partial charge on any atom is -0.383 e. The maximum absolute atomic E-state index is 6.81. The predicted octanol–water partition coefficient (Wildman–Crippen LogP) is 0.724. The fraction of sp³-hybridized carbons (Fsp3) is 1.00. The Balaban J connectivity index is 2.00. The van der Waals surface area contributed by atoms with Gasteiger partial charge >= 0.3 is 0 Å². The highest BCUT2D eigenvalue weighted by atomic mass is 16.5. The van der Waals surface area contributed by atoms with Gasteiger partial charge in [0.2, 0.25) is 0 Å². The Bertz CT molecular complexity index is 316. The summed E-state index contributed by atoms with van der Waals surface area (Å²) < 4.78 is 16.3. The monoisotopic (exact) mass is 286 g/mol. The fourth-order valence-corrected chi connectivity index (χ4v) is 3.88. The van der Waals surface area contributed by atoms with Crippen molar-refractivity contribution in [3.63, 3.8) is 0 Å². The van der Waals surface area contributed by atoms with Crippen LogP contribution < -0.4 is 5.73 Å². The highest BCUT2D eigenvalue weighted by molar-refractivity contribution is 5.21. The van der Waals surface area contributed by atoms with Gasteiger partial charge < -0.3 is 19.9 Å². The molecule has 0 aromatic rings. The van der Waals surface area contributed by atoms with Crippen LogP contribution in [-0.2, 0) is 14.2 Å². The Morgan fingerprint density at radius 1 is 1.20 bits per heavy atom. The van der Waals surface area contributed by atoms with Crippen LogP contribution in [0, 0.1) is 11.3 Å². The molecule has 0 spiro atoms. The van der Waals surface area contributed by atoms with Crippen molar-refractivity contribution in [3.8, 4) is 0 Å². The van der Waals surface area contributed by atoms with Crippen molar-refractivity contribution in [2.75, 3.05) is 53.7 Å². The molecule has 3 atom stereocenters. The first kappa shape index (κ1) is 16.2. The first-order chi connectivity index (χ1) is 9.47. The van der Waals surface area contributed by atoms with E-state index in [4.69, 9.17) is 19.9 Å². The van der Waals surface area contributed by atoms with Gasteiger partial charge in [0.15, 0.2) is 0 Å². The van der Waals surface area contributed by atoms with Crippen LogP contribution in [-0.4, -0.2) is 70.2 Å². The van der Waals surface area contributed by atoms with Crippen molar-refractivity contribution < 1.29 is 14.2 Å². The molecule has 1 saturated carbocycles.